The first-order valence-electron chi connectivity index (χ1n) is 13.7. The van der Waals surface area contributed by atoms with Crippen LogP contribution in [-0.2, 0) is 4.74 Å². The van der Waals surface area contributed by atoms with Gasteiger partial charge in [-0.05, 0) is 44.5 Å². The Morgan fingerprint density at radius 1 is 1.10 bits per heavy atom. The van der Waals surface area contributed by atoms with Crippen LogP contribution in [0.5, 0.6) is 5.75 Å². The first-order chi connectivity index (χ1) is 18.9. The molecule has 3 aliphatic rings. The van der Waals surface area contributed by atoms with E-state index >= 15 is 0 Å². The second-order valence-corrected chi connectivity index (χ2v) is 10.2. The van der Waals surface area contributed by atoms with Gasteiger partial charge in [0.15, 0.2) is 11.6 Å². The number of nitrogens with one attached hydrogen (secondary N) is 1. The third-order valence-corrected chi connectivity index (χ3v) is 7.20. The molecule has 208 valence electrons. The predicted molar refractivity (Wildman–Crippen MR) is 151 cm³/mol. The molecule has 0 amide bonds. The molecule has 0 unspecified atom stereocenters. The highest BCUT2D eigenvalue weighted by Gasteiger charge is 2.27. The molecule has 3 fully saturated rings. The number of hydrogen-bond donors (Lipinski definition) is 1. The SMILES string of the molecule is C1CN2CCN1CC2.CCCCOc1ccc(N(c2[nH]c3cc(C#N)ccc3c2C(=O)OC)C(C)C)cc1F. The smallest absolute Gasteiger partial charge is 0.342 e. The number of piperazine rings is 3. The van der Waals surface area contributed by atoms with Gasteiger partial charge >= 0.3 is 5.97 Å². The Morgan fingerprint density at radius 2 is 1.77 bits per heavy atom. The van der Waals surface area contributed by atoms with E-state index in [4.69, 9.17) is 9.47 Å². The van der Waals surface area contributed by atoms with Crippen LogP contribution in [0.15, 0.2) is 36.4 Å². The van der Waals surface area contributed by atoms with Gasteiger partial charge in [-0.25, -0.2) is 9.18 Å². The van der Waals surface area contributed by atoms with Crippen molar-refractivity contribution in [2.75, 3.05) is 57.9 Å². The highest BCUT2D eigenvalue weighted by Crippen LogP contribution is 2.37. The first-order valence-corrected chi connectivity index (χ1v) is 13.7. The lowest BCUT2D eigenvalue weighted by Gasteiger charge is -2.41. The number of ether oxygens (including phenoxy) is 2. The largest absolute Gasteiger partial charge is 0.491 e. The van der Waals surface area contributed by atoms with E-state index in [1.807, 2.05) is 25.7 Å². The van der Waals surface area contributed by atoms with Gasteiger partial charge in [0.2, 0.25) is 0 Å². The lowest BCUT2D eigenvalue weighted by molar-refractivity contribution is 0.0604. The Bertz CT molecular complexity index is 1300. The van der Waals surface area contributed by atoms with Gasteiger partial charge in [0.25, 0.3) is 0 Å². The molecule has 8 nitrogen and oxygen atoms in total. The second-order valence-electron chi connectivity index (χ2n) is 10.2. The van der Waals surface area contributed by atoms with Crippen molar-refractivity contribution in [2.45, 2.75) is 39.7 Å². The highest BCUT2D eigenvalue weighted by atomic mass is 19.1. The number of aromatic amines is 1. The second kappa shape index (κ2) is 13.0. The topological polar surface area (TPSA) is 84.8 Å². The summed E-state index contributed by atoms with van der Waals surface area (Å²) in [6.45, 7) is 14.3. The monoisotopic (exact) mass is 535 g/mol. The number of rotatable bonds is 8. The fourth-order valence-electron chi connectivity index (χ4n) is 5.03. The van der Waals surface area contributed by atoms with Gasteiger partial charge < -0.3 is 19.4 Å². The van der Waals surface area contributed by atoms with Crippen molar-refractivity contribution in [2.24, 2.45) is 0 Å². The number of nitriles is 1. The number of aromatic nitrogens is 1. The Morgan fingerprint density at radius 3 is 2.28 bits per heavy atom. The Hall–Kier alpha value is -3.61. The maximum atomic E-state index is 14.8. The van der Waals surface area contributed by atoms with E-state index < -0.39 is 11.8 Å². The van der Waals surface area contributed by atoms with E-state index in [-0.39, 0.29) is 11.8 Å². The molecule has 1 aromatic heterocycles. The molecule has 6 rings (SSSR count). The summed E-state index contributed by atoms with van der Waals surface area (Å²) in [7, 11) is 1.32. The number of H-pyrrole nitrogens is 1. The average Bonchev–Trinajstić information content (AvgIpc) is 3.33. The predicted octanol–water partition coefficient (Wildman–Crippen LogP) is 5.31. The third-order valence-electron chi connectivity index (χ3n) is 7.20. The van der Waals surface area contributed by atoms with E-state index in [1.54, 1.807) is 30.3 Å². The molecule has 39 heavy (non-hydrogen) atoms. The summed E-state index contributed by atoms with van der Waals surface area (Å²) in [6, 6.07) is 11.8. The van der Waals surface area contributed by atoms with Gasteiger partial charge in [-0.3, -0.25) is 9.80 Å². The van der Waals surface area contributed by atoms with Gasteiger partial charge in [-0.1, -0.05) is 19.4 Å². The molecular weight excluding hydrogens is 497 g/mol. The quantitative estimate of drug-likeness (QED) is 0.309. The van der Waals surface area contributed by atoms with Crippen LogP contribution in [0.4, 0.5) is 15.9 Å². The van der Waals surface area contributed by atoms with Crippen LogP contribution in [0.1, 0.15) is 49.5 Å². The number of fused-ring (bicyclic) bond motifs is 4. The summed E-state index contributed by atoms with van der Waals surface area (Å²) < 4.78 is 25.3. The number of carbonyl (C=O) groups is 1. The molecule has 9 heteroatoms. The van der Waals surface area contributed by atoms with Gasteiger partial charge in [-0.15, -0.1) is 0 Å². The van der Waals surface area contributed by atoms with Crippen LogP contribution in [0.3, 0.4) is 0 Å². The van der Waals surface area contributed by atoms with Crippen molar-refractivity contribution in [3.63, 3.8) is 0 Å². The highest BCUT2D eigenvalue weighted by molar-refractivity contribution is 6.10. The van der Waals surface area contributed by atoms with Crippen LogP contribution in [0.25, 0.3) is 10.9 Å². The van der Waals surface area contributed by atoms with E-state index in [2.05, 4.69) is 20.9 Å². The van der Waals surface area contributed by atoms with Crippen LogP contribution >= 0.6 is 0 Å². The first kappa shape index (κ1) is 28.4. The van der Waals surface area contributed by atoms with Crippen molar-refractivity contribution >= 4 is 28.4 Å². The normalized spacial score (nSPS) is 17.9. The molecule has 0 radical (unpaired) electrons. The molecule has 0 aliphatic carbocycles. The molecule has 2 aromatic carbocycles. The van der Waals surface area contributed by atoms with Crippen LogP contribution in [-0.4, -0.2) is 79.8 Å². The van der Waals surface area contributed by atoms with E-state index in [9.17, 15) is 14.4 Å². The Labute approximate surface area is 229 Å². The van der Waals surface area contributed by atoms with Gasteiger partial charge in [0.1, 0.15) is 11.4 Å². The molecule has 4 heterocycles. The van der Waals surface area contributed by atoms with Gasteiger partial charge in [-0.2, -0.15) is 5.26 Å². The van der Waals surface area contributed by atoms with E-state index in [0.717, 1.165) is 12.8 Å². The fraction of sp³-hybridized carbons (Fsp3) is 0.467. The zero-order chi connectivity index (χ0) is 27.9. The minimum atomic E-state index is -0.517. The number of halogens is 1. The molecule has 2 bridgehead atoms. The minimum absolute atomic E-state index is 0.113. The molecular formula is C30H38FN5O3. The molecule has 0 spiro atoms. The summed E-state index contributed by atoms with van der Waals surface area (Å²) in [5.41, 5.74) is 1.99. The van der Waals surface area contributed by atoms with Gasteiger partial charge in [0.05, 0.1) is 25.3 Å². The third kappa shape index (κ3) is 6.52. The van der Waals surface area contributed by atoms with Gasteiger partial charge in [0, 0.05) is 68.0 Å². The molecule has 0 atom stereocenters. The van der Waals surface area contributed by atoms with Crippen molar-refractivity contribution < 1.29 is 18.7 Å². The summed E-state index contributed by atoms with van der Waals surface area (Å²) >= 11 is 0. The number of esters is 1. The lowest BCUT2D eigenvalue weighted by Crippen LogP contribution is -2.55. The molecule has 3 aromatic rings. The summed E-state index contributed by atoms with van der Waals surface area (Å²) in [6.07, 6.45) is 1.81. The van der Waals surface area contributed by atoms with Crippen LogP contribution in [0.2, 0.25) is 0 Å². The molecule has 1 N–H and O–H groups in total. The number of methoxy groups -OCH3 is 1. The van der Waals surface area contributed by atoms with Crippen LogP contribution in [0, 0.1) is 17.1 Å². The fourth-order valence-corrected chi connectivity index (χ4v) is 5.03. The number of hydrogen-bond acceptors (Lipinski definition) is 7. The van der Waals surface area contributed by atoms with E-state index in [0.29, 0.717) is 40.1 Å². The van der Waals surface area contributed by atoms with Crippen molar-refractivity contribution in [1.82, 2.24) is 14.8 Å². The summed E-state index contributed by atoms with van der Waals surface area (Å²) in [5, 5.41) is 9.85. The molecule has 3 saturated heterocycles. The van der Waals surface area contributed by atoms with Crippen molar-refractivity contribution in [1.29, 1.82) is 5.26 Å². The lowest BCUT2D eigenvalue weighted by atomic mass is 10.1. The van der Waals surface area contributed by atoms with Crippen molar-refractivity contribution in [3.05, 3.63) is 53.3 Å². The average molecular weight is 536 g/mol. The number of unbranched alkanes of at least 4 members (excludes halogenated alkanes) is 1. The van der Waals surface area contributed by atoms with Crippen molar-refractivity contribution in [3.8, 4) is 11.8 Å². The number of anilines is 2. The standard InChI is InChI=1S/C24H26FN3O3.C6H12N2/c1-5-6-11-31-21-10-8-17(13-19(21)25)28(15(2)3)23-22(24(29)30-4)18-9-7-16(14-26)12-20(18)27-23;1-2-8-5-3-7(1)4-6-8/h7-10,12-13,15,27H,5-6,11H2,1-4H3;1-6H2. The summed E-state index contributed by atoms with van der Waals surface area (Å²) in [4.78, 5) is 22.8. The van der Waals surface area contributed by atoms with E-state index in [1.165, 1.54) is 52.4 Å². The zero-order valence-electron chi connectivity index (χ0n) is 23.3. The Balaban J connectivity index is 0.000000371. The molecule has 0 saturated carbocycles. The molecule has 3 aliphatic heterocycles. The number of benzene rings is 2. The number of carbonyl (C=O) groups excluding carboxylic acids is 1. The summed E-state index contributed by atoms with van der Waals surface area (Å²) in [5.74, 6) is -0.311. The Kier molecular flexibility index (Phi) is 9.44. The minimum Gasteiger partial charge on any atom is -0.491 e. The maximum absolute atomic E-state index is 14.8. The zero-order valence-corrected chi connectivity index (χ0v) is 23.3. The van der Waals surface area contributed by atoms with Crippen LogP contribution < -0.4 is 9.64 Å². The maximum Gasteiger partial charge on any atom is 0.342 e. The number of nitrogens with zero attached hydrogens (tertiary/aromatic N) is 4.